The maximum atomic E-state index is 12.6. The van der Waals surface area contributed by atoms with E-state index in [4.69, 9.17) is 14.5 Å². The lowest BCUT2D eigenvalue weighted by atomic mass is 10.0. The zero-order valence-electron chi connectivity index (χ0n) is 16.2. The van der Waals surface area contributed by atoms with Crippen molar-refractivity contribution >= 4 is 5.91 Å². The van der Waals surface area contributed by atoms with Crippen LogP contribution in [0.5, 0.6) is 11.5 Å². The zero-order chi connectivity index (χ0) is 19.3. The van der Waals surface area contributed by atoms with E-state index in [0.29, 0.717) is 24.6 Å². The predicted octanol–water partition coefficient (Wildman–Crippen LogP) is 2.26. The van der Waals surface area contributed by atoms with Crippen LogP contribution in [0.15, 0.2) is 30.5 Å². The summed E-state index contributed by atoms with van der Waals surface area (Å²) in [7, 11) is 1.59. The number of hydrogen-bond donors (Lipinski definition) is 1. The van der Waals surface area contributed by atoms with Crippen LogP contribution >= 0.6 is 0 Å². The molecule has 1 aromatic heterocycles. The summed E-state index contributed by atoms with van der Waals surface area (Å²) in [5.41, 5.74) is 2.09. The highest BCUT2D eigenvalue weighted by Gasteiger charge is 2.25. The minimum Gasteiger partial charge on any atom is -0.493 e. The monoisotopic (exact) mass is 382 g/mol. The van der Waals surface area contributed by atoms with Crippen LogP contribution in [0.25, 0.3) is 0 Å². The molecule has 1 atom stereocenters. The molecule has 2 aliphatic heterocycles. The molecule has 1 saturated heterocycles. The zero-order valence-corrected chi connectivity index (χ0v) is 16.2. The van der Waals surface area contributed by atoms with E-state index in [1.54, 1.807) is 18.1 Å². The average molecular weight is 382 g/mol. The Morgan fingerprint density at radius 1 is 1.29 bits per heavy atom. The minimum atomic E-state index is -0.0467. The number of para-hydroxylation sites is 2. The highest BCUT2D eigenvalue weighted by Crippen LogP contribution is 2.26. The van der Waals surface area contributed by atoms with Gasteiger partial charge >= 0.3 is 0 Å². The summed E-state index contributed by atoms with van der Waals surface area (Å²) in [4.78, 5) is 23.8. The van der Waals surface area contributed by atoms with Crippen LogP contribution < -0.4 is 14.8 Å². The second kappa shape index (κ2) is 8.56. The highest BCUT2D eigenvalue weighted by atomic mass is 16.5. The molecule has 0 radical (unpaired) electrons. The molecule has 0 bridgehead atoms. The van der Waals surface area contributed by atoms with Gasteiger partial charge in [-0.15, -0.1) is 0 Å². The Kier molecular flexibility index (Phi) is 5.71. The number of fused-ring (bicyclic) bond motifs is 1. The number of hydrogen-bond acceptors (Lipinski definition) is 6. The summed E-state index contributed by atoms with van der Waals surface area (Å²) in [5, 5.41) is 3.49. The molecule has 7 nitrogen and oxygen atoms in total. The molecule has 28 heavy (non-hydrogen) atoms. The highest BCUT2D eigenvalue weighted by molar-refractivity contribution is 5.78. The third-order valence-electron chi connectivity index (χ3n) is 5.35. The van der Waals surface area contributed by atoms with E-state index < -0.39 is 0 Å². The first-order chi connectivity index (χ1) is 13.7. The van der Waals surface area contributed by atoms with Gasteiger partial charge in [0.25, 0.3) is 5.91 Å². The maximum absolute atomic E-state index is 12.6. The largest absolute Gasteiger partial charge is 0.493 e. The van der Waals surface area contributed by atoms with E-state index in [-0.39, 0.29) is 18.6 Å². The van der Waals surface area contributed by atoms with E-state index in [9.17, 15) is 4.79 Å². The molecule has 2 aromatic rings. The molecule has 4 rings (SSSR count). The number of aromatic nitrogens is 2. The van der Waals surface area contributed by atoms with Crippen molar-refractivity contribution in [3.63, 3.8) is 0 Å². The van der Waals surface area contributed by atoms with Gasteiger partial charge in [-0.2, -0.15) is 0 Å². The third kappa shape index (κ3) is 4.09. The lowest BCUT2D eigenvalue weighted by molar-refractivity contribution is -0.134. The summed E-state index contributed by atoms with van der Waals surface area (Å²) < 4.78 is 10.9. The standard InChI is InChI=1S/C21H26N4O3/c1-27-18-7-2-3-8-19(18)28-14-20(26)25-11-9-16-15(13-25)12-23-21(24-16)17-6-4-5-10-22-17/h2-3,7-8,12,17,22H,4-6,9-11,13-14H2,1H3/t17-/m0/s1. The number of benzene rings is 1. The molecule has 3 heterocycles. The number of amides is 1. The molecule has 148 valence electrons. The number of ether oxygens (including phenoxy) is 2. The lowest BCUT2D eigenvalue weighted by Gasteiger charge is -2.29. The van der Waals surface area contributed by atoms with Crippen LogP contribution in [0.4, 0.5) is 0 Å². The molecule has 0 saturated carbocycles. The molecule has 0 aliphatic carbocycles. The number of piperidine rings is 1. The summed E-state index contributed by atoms with van der Waals surface area (Å²) in [6.45, 7) is 2.19. The van der Waals surface area contributed by atoms with E-state index >= 15 is 0 Å². The fourth-order valence-corrected chi connectivity index (χ4v) is 3.75. The maximum Gasteiger partial charge on any atom is 0.260 e. The molecule has 1 fully saturated rings. The Morgan fingerprint density at radius 3 is 2.93 bits per heavy atom. The van der Waals surface area contributed by atoms with Gasteiger partial charge in [0.05, 0.1) is 18.8 Å². The van der Waals surface area contributed by atoms with Gasteiger partial charge in [0.15, 0.2) is 18.1 Å². The summed E-state index contributed by atoms with van der Waals surface area (Å²) in [5.74, 6) is 2.03. The second-order valence-corrected chi connectivity index (χ2v) is 7.21. The van der Waals surface area contributed by atoms with Crippen LogP contribution in [0.3, 0.4) is 0 Å². The second-order valence-electron chi connectivity index (χ2n) is 7.21. The van der Waals surface area contributed by atoms with Gasteiger partial charge in [0.2, 0.25) is 0 Å². The van der Waals surface area contributed by atoms with Gasteiger partial charge in [0, 0.05) is 31.3 Å². The fraction of sp³-hybridized carbons (Fsp3) is 0.476. The van der Waals surface area contributed by atoms with Gasteiger partial charge in [0.1, 0.15) is 5.82 Å². The van der Waals surface area contributed by atoms with E-state index in [0.717, 1.165) is 36.5 Å². The Balaban J connectivity index is 1.37. The number of nitrogens with one attached hydrogen (secondary N) is 1. The summed E-state index contributed by atoms with van der Waals surface area (Å²) in [6, 6.07) is 7.59. The molecule has 0 unspecified atom stereocenters. The third-order valence-corrected chi connectivity index (χ3v) is 5.35. The van der Waals surface area contributed by atoms with Crippen molar-refractivity contribution in [2.45, 2.75) is 38.3 Å². The first-order valence-electron chi connectivity index (χ1n) is 9.86. The van der Waals surface area contributed by atoms with E-state index in [1.165, 1.54) is 12.8 Å². The first-order valence-corrected chi connectivity index (χ1v) is 9.86. The topological polar surface area (TPSA) is 76.6 Å². The van der Waals surface area contributed by atoms with Crippen molar-refractivity contribution in [3.05, 3.63) is 47.5 Å². The molecule has 7 heteroatoms. The van der Waals surface area contributed by atoms with Crippen molar-refractivity contribution in [2.75, 3.05) is 26.8 Å². The van der Waals surface area contributed by atoms with Crippen LogP contribution in [-0.4, -0.2) is 47.6 Å². The number of carbonyl (C=O) groups is 1. The van der Waals surface area contributed by atoms with E-state index in [2.05, 4.69) is 10.3 Å². The lowest BCUT2D eigenvalue weighted by Crippen LogP contribution is -2.39. The van der Waals surface area contributed by atoms with Crippen LogP contribution in [0, 0.1) is 0 Å². The van der Waals surface area contributed by atoms with Gasteiger partial charge in [-0.25, -0.2) is 9.97 Å². The molecule has 0 spiro atoms. The molecular weight excluding hydrogens is 356 g/mol. The number of carbonyl (C=O) groups excluding carboxylic acids is 1. The van der Waals surface area contributed by atoms with Gasteiger partial charge in [-0.3, -0.25) is 4.79 Å². The fourth-order valence-electron chi connectivity index (χ4n) is 3.75. The smallest absolute Gasteiger partial charge is 0.260 e. The Bertz CT molecular complexity index is 836. The first kappa shape index (κ1) is 18.7. The normalized spacial score (nSPS) is 19.0. The summed E-state index contributed by atoms with van der Waals surface area (Å²) in [6.07, 6.45) is 6.15. The Morgan fingerprint density at radius 2 is 2.14 bits per heavy atom. The molecule has 1 N–H and O–H groups in total. The predicted molar refractivity (Wildman–Crippen MR) is 104 cm³/mol. The van der Waals surface area contributed by atoms with E-state index in [1.807, 2.05) is 24.4 Å². The number of rotatable bonds is 5. The van der Waals surface area contributed by atoms with Crippen molar-refractivity contribution in [1.29, 1.82) is 0 Å². The number of nitrogens with zero attached hydrogens (tertiary/aromatic N) is 3. The van der Waals surface area contributed by atoms with Gasteiger partial charge < -0.3 is 19.7 Å². The minimum absolute atomic E-state index is 0.0133. The van der Waals surface area contributed by atoms with Crippen molar-refractivity contribution in [2.24, 2.45) is 0 Å². The van der Waals surface area contributed by atoms with Gasteiger partial charge in [-0.05, 0) is 31.5 Å². The van der Waals surface area contributed by atoms with Crippen molar-refractivity contribution < 1.29 is 14.3 Å². The molecule has 1 aromatic carbocycles. The van der Waals surface area contributed by atoms with Crippen LogP contribution in [0.2, 0.25) is 0 Å². The molecular formula is C21H26N4O3. The Hall–Kier alpha value is -2.67. The van der Waals surface area contributed by atoms with Crippen LogP contribution in [0.1, 0.15) is 42.4 Å². The average Bonchev–Trinajstić information content (AvgIpc) is 2.77. The molecule has 2 aliphatic rings. The molecule has 1 amide bonds. The van der Waals surface area contributed by atoms with Crippen molar-refractivity contribution in [1.82, 2.24) is 20.2 Å². The van der Waals surface area contributed by atoms with Crippen LogP contribution in [-0.2, 0) is 17.8 Å². The quantitative estimate of drug-likeness (QED) is 0.855. The number of methoxy groups -OCH3 is 1. The Labute approximate surface area is 165 Å². The summed E-state index contributed by atoms with van der Waals surface area (Å²) >= 11 is 0. The van der Waals surface area contributed by atoms with Crippen molar-refractivity contribution in [3.8, 4) is 11.5 Å². The SMILES string of the molecule is COc1ccccc1OCC(=O)N1CCc2nc([C@@H]3CCCCN3)ncc2C1. The van der Waals surface area contributed by atoms with Gasteiger partial charge in [-0.1, -0.05) is 18.6 Å².